The molecule has 0 spiro atoms. The van der Waals surface area contributed by atoms with Crippen LogP contribution in [0.15, 0.2) is 28.7 Å². The van der Waals surface area contributed by atoms with Crippen molar-refractivity contribution < 1.29 is 13.9 Å². The molecule has 0 saturated carbocycles. The molecule has 2 aromatic rings. The number of carbonyl (C=O) groups is 1. The van der Waals surface area contributed by atoms with Crippen molar-refractivity contribution >= 4 is 16.9 Å². The number of carbonyl (C=O) groups excluding carboxylic acids is 1. The number of furan rings is 1. The third-order valence-electron chi connectivity index (χ3n) is 4.94. The number of benzene rings is 1. The van der Waals surface area contributed by atoms with Crippen molar-refractivity contribution in [3.05, 3.63) is 35.6 Å². The van der Waals surface area contributed by atoms with E-state index in [0.717, 1.165) is 22.3 Å². The van der Waals surface area contributed by atoms with Crippen LogP contribution in [0.4, 0.5) is 0 Å². The summed E-state index contributed by atoms with van der Waals surface area (Å²) in [5.74, 6) is 0.800. The topological polar surface area (TPSA) is 77.5 Å². The minimum Gasteiger partial charge on any atom is -0.459 e. The molecule has 23 heavy (non-hydrogen) atoms. The number of hydrogen-bond donors (Lipinski definition) is 2. The molecule has 1 aromatic heterocycles. The zero-order chi connectivity index (χ0) is 16.4. The number of amides is 1. The molecule has 0 radical (unpaired) electrons. The average Bonchev–Trinajstić information content (AvgIpc) is 2.93. The van der Waals surface area contributed by atoms with E-state index in [-0.39, 0.29) is 11.9 Å². The molecule has 0 bridgehead atoms. The van der Waals surface area contributed by atoms with Crippen molar-refractivity contribution in [2.75, 3.05) is 19.8 Å². The van der Waals surface area contributed by atoms with Crippen LogP contribution in [0.3, 0.4) is 0 Å². The summed E-state index contributed by atoms with van der Waals surface area (Å²) in [4.78, 5) is 12.8. The molecule has 1 unspecified atom stereocenters. The monoisotopic (exact) mass is 316 g/mol. The normalized spacial score (nSPS) is 18.7. The summed E-state index contributed by atoms with van der Waals surface area (Å²) in [6.45, 7) is 5.49. The number of ether oxygens (including phenoxy) is 1. The number of fused-ring (bicyclic) bond motifs is 1. The van der Waals surface area contributed by atoms with Gasteiger partial charge in [-0.3, -0.25) is 4.79 Å². The summed E-state index contributed by atoms with van der Waals surface area (Å²) in [7, 11) is 0. The molecule has 3 N–H and O–H groups in total. The van der Waals surface area contributed by atoms with E-state index in [1.807, 2.05) is 38.1 Å². The summed E-state index contributed by atoms with van der Waals surface area (Å²) in [5, 5.41) is 4.18. The Morgan fingerprint density at radius 1 is 1.35 bits per heavy atom. The fourth-order valence-corrected chi connectivity index (χ4v) is 3.31. The fraction of sp³-hybridized carbons (Fsp3) is 0.500. The summed E-state index contributed by atoms with van der Waals surface area (Å²) < 4.78 is 11.3. The van der Waals surface area contributed by atoms with Gasteiger partial charge in [-0.25, -0.2) is 0 Å². The van der Waals surface area contributed by atoms with Gasteiger partial charge >= 0.3 is 0 Å². The van der Waals surface area contributed by atoms with Crippen LogP contribution in [-0.2, 0) is 9.53 Å². The lowest BCUT2D eigenvalue weighted by molar-refractivity contribution is -0.136. The SMILES string of the molecule is Cc1c(C(C)NC(=O)C2(CN)CCOCC2)oc2ccccc12. The van der Waals surface area contributed by atoms with Crippen LogP contribution in [0, 0.1) is 12.3 Å². The highest BCUT2D eigenvalue weighted by Gasteiger charge is 2.39. The maximum Gasteiger partial charge on any atom is 0.228 e. The van der Waals surface area contributed by atoms with Crippen LogP contribution in [0.25, 0.3) is 11.0 Å². The molecule has 1 amide bonds. The molecule has 1 aliphatic rings. The Balaban J connectivity index is 1.81. The summed E-state index contributed by atoms with van der Waals surface area (Å²) >= 11 is 0. The maximum absolute atomic E-state index is 12.8. The molecular weight excluding hydrogens is 292 g/mol. The van der Waals surface area contributed by atoms with E-state index in [2.05, 4.69) is 5.32 Å². The summed E-state index contributed by atoms with van der Waals surface area (Å²) in [6, 6.07) is 7.72. The van der Waals surface area contributed by atoms with E-state index >= 15 is 0 Å². The van der Waals surface area contributed by atoms with Crippen LogP contribution in [0.2, 0.25) is 0 Å². The Labute approximate surface area is 136 Å². The van der Waals surface area contributed by atoms with Crippen LogP contribution < -0.4 is 11.1 Å². The van der Waals surface area contributed by atoms with E-state index in [1.54, 1.807) is 0 Å². The molecule has 1 fully saturated rings. The highest BCUT2D eigenvalue weighted by Crippen LogP contribution is 2.33. The predicted molar refractivity (Wildman–Crippen MR) is 89.0 cm³/mol. The molecule has 3 rings (SSSR count). The summed E-state index contributed by atoms with van der Waals surface area (Å²) in [5.41, 5.74) is 7.30. The van der Waals surface area contributed by atoms with Gasteiger partial charge in [0.1, 0.15) is 11.3 Å². The van der Waals surface area contributed by atoms with Gasteiger partial charge in [-0.1, -0.05) is 18.2 Å². The van der Waals surface area contributed by atoms with Gasteiger partial charge in [0.25, 0.3) is 0 Å². The minimum atomic E-state index is -0.521. The number of aryl methyl sites for hydroxylation is 1. The van der Waals surface area contributed by atoms with Crippen LogP contribution >= 0.6 is 0 Å². The number of hydrogen-bond acceptors (Lipinski definition) is 4. The third kappa shape index (κ3) is 2.86. The van der Waals surface area contributed by atoms with E-state index < -0.39 is 5.41 Å². The van der Waals surface area contributed by atoms with Crippen LogP contribution in [0.5, 0.6) is 0 Å². The van der Waals surface area contributed by atoms with Gasteiger partial charge in [-0.05, 0) is 32.8 Å². The molecule has 124 valence electrons. The molecule has 1 atom stereocenters. The summed E-state index contributed by atoms with van der Waals surface area (Å²) in [6.07, 6.45) is 1.34. The Bertz CT molecular complexity index is 701. The smallest absolute Gasteiger partial charge is 0.228 e. The average molecular weight is 316 g/mol. The van der Waals surface area contributed by atoms with Crippen molar-refractivity contribution in [1.29, 1.82) is 0 Å². The fourth-order valence-electron chi connectivity index (χ4n) is 3.31. The van der Waals surface area contributed by atoms with Crippen molar-refractivity contribution in [2.24, 2.45) is 11.1 Å². The number of nitrogens with one attached hydrogen (secondary N) is 1. The minimum absolute atomic E-state index is 0.00402. The molecule has 1 aliphatic heterocycles. The Morgan fingerprint density at radius 3 is 2.70 bits per heavy atom. The van der Waals surface area contributed by atoms with Gasteiger partial charge < -0.3 is 20.2 Å². The lowest BCUT2D eigenvalue weighted by Crippen LogP contribution is -2.49. The first kappa shape index (κ1) is 16.0. The number of rotatable bonds is 4. The first-order valence-corrected chi connectivity index (χ1v) is 8.14. The van der Waals surface area contributed by atoms with Gasteiger partial charge in [-0.15, -0.1) is 0 Å². The van der Waals surface area contributed by atoms with Gasteiger partial charge in [-0.2, -0.15) is 0 Å². The quantitative estimate of drug-likeness (QED) is 0.909. The second-order valence-electron chi connectivity index (χ2n) is 6.38. The van der Waals surface area contributed by atoms with Gasteiger partial charge in [0.2, 0.25) is 5.91 Å². The van der Waals surface area contributed by atoms with E-state index in [9.17, 15) is 4.79 Å². The van der Waals surface area contributed by atoms with Crippen molar-refractivity contribution in [3.63, 3.8) is 0 Å². The molecular formula is C18H24N2O3. The highest BCUT2D eigenvalue weighted by atomic mass is 16.5. The molecule has 2 heterocycles. The highest BCUT2D eigenvalue weighted by molar-refractivity contribution is 5.85. The van der Waals surface area contributed by atoms with E-state index in [0.29, 0.717) is 32.6 Å². The molecule has 1 aromatic carbocycles. The lowest BCUT2D eigenvalue weighted by Gasteiger charge is -2.35. The van der Waals surface area contributed by atoms with Gasteiger partial charge in [0.05, 0.1) is 11.5 Å². The molecule has 5 heteroatoms. The second-order valence-corrected chi connectivity index (χ2v) is 6.38. The lowest BCUT2D eigenvalue weighted by atomic mass is 9.79. The Kier molecular flexibility index (Phi) is 4.41. The Morgan fingerprint density at radius 2 is 2.04 bits per heavy atom. The second kappa shape index (κ2) is 6.34. The maximum atomic E-state index is 12.8. The number of nitrogens with two attached hydrogens (primary N) is 1. The van der Waals surface area contributed by atoms with Gasteiger partial charge in [0.15, 0.2) is 0 Å². The zero-order valence-electron chi connectivity index (χ0n) is 13.7. The molecule has 5 nitrogen and oxygen atoms in total. The predicted octanol–water partition coefficient (Wildman–Crippen LogP) is 2.67. The first-order chi connectivity index (χ1) is 11.1. The van der Waals surface area contributed by atoms with Crippen LogP contribution in [-0.4, -0.2) is 25.7 Å². The standard InChI is InChI=1S/C18H24N2O3/c1-12-14-5-3-4-6-15(14)23-16(12)13(2)20-17(21)18(11-19)7-9-22-10-8-18/h3-6,13H,7-11,19H2,1-2H3,(H,20,21). The first-order valence-electron chi connectivity index (χ1n) is 8.14. The van der Waals surface area contributed by atoms with Crippen molar-refractivity contribution in [2.45, 2.75) is 32.7 Å². The molecule has 0 aliphatic carbocycles. The van der Waals surface area contributed by atoms with Crippen LogP contribution in [0.1, 0.15) is 37.1 Å². The van der Waals surface area contributed by atoms with E-state index in [1.165, 1.54) is 0 Å². The largest absolute Gasteiger partial charge is 0.459 e. The van der Waals surface area contributed by atoms with Crippen molar-refractivity contribution in [3.8, 4) is 0 Å². The van der Waals surface area contributed by atoms with Gasteiger partial charge in [0, 0.05) is 30.7 Å². The third-order valence-corrected chi connectivity index (χ3v) is 4.94. The van der Waals surface area contributed by atoms with Crippen molar-refractivity contribution in [1.82, 2.24) is 5.32 Å². The number of para-hydroxylation sites is 1. The molecule has 1 saturated heterocycles. The Hall–Kier alpha value is -1.85. The zero-order valence-corrected chi connectivity index (χ0v) is 13.7. The van der Waals surface area contributed by atoms with E-state index in [4.69, 9.17) is 14.9 Å².